The van der Waals surface area contributed by atoms with E-state index in [4.69, 9.17) is 9.72 Å². The van der Waals surface area contributed by atoms with E-state index in [0.29, 0.717) is 18.6 Å². The van der Waals surface area contributed by atoms with Gasteiger partial charge in [-0.25, -0.2) is 9.78 Å². The van der Waals surface area contributed by atoms with Gasteiger partial charge in [-0.1, -0.05) is 13.0 Å². The third kappa shape index (κ3) is 3.27. The number of carbonyl (C=O) groups excluding carboxylic acids is 1. The molecule has 0 bridgehead atoms. The van der Waals surface area contributed by atoms with Crippen LogP contribution in [0.15, 0.2) is 12.1 Å². The molecule has 6 nitrogen and oxygen atoms in total. The van der Waals surface area contributed by atoms with Crippen LogP contribution in [0.4, 0.5) is 10.6 Å². The normalized spacial score (nSPS) is 23.9. The zero-order valence-electron chi connectivity index (χ0n) is 14.1. The molecule has 0 aliphatic carbocycles. The first-order valence-corrected chi connectivity index (χ1v) is 8.53. The molecule has 3 atom stereocenters. The molecule has 126 valence electrons. The number of amides is 1. The highest BCUT2D eigenvalue weighted by Crippen LogP contribution is 2.34. The van der Waals surface area contributed by atoms with Crippen molar-refractivity contribution in [1.82, 2.24) is 15.6 Å². The van der Waals surface area contributed by atoms with Gasteiger partial charge in [0.25, 0.3) is 0 Å². The molecular weight excluding hydrogens is 292 g/mol. The zero-order valence-corrected chi connectivity index (χ0v) is 14.1. The first-order chi connectivity index (χ1) is 11.1. The Balaban J connectivity index is 1.74. The summed E-state index contributed by atoms with van der Waals surface area (Å²) in [5.41, 5.74) is 2.10. The average Bonchev–Trinajstić information content (AvgIpc) is 2.91. The van der Waals surface area contributed by atoms with E-state index in [-0.39, 0.29) is 12.2 Å². The third-order valence-electron chi connectivity index (χ3n) is 4.59. The van der Waals surface area contributed by atoms with Crippen molar-refractivity contribution in [1.29, 1.82) is 0 Å². The van der Waals surface area contributed by atoms with E-state index in [2.05, 4.69) is 28.5 Å². The van der Waals surface area contributed by atoms with Crippen molar-refractivity contribution < 1.29 is 9.53 Å². The second-order valence-electron chi connectivity index (χ2n) is 6.47. The lowest BCUT2D eigenvalue weighted by atomic mass is 10.1. The fourth-order valence-electron chi connectivity index (χ4n) is 3.41. The quantitative estimate of drug-likeness (QED) is 0.889. The van der Waals surface area contributed by atoms with E-state index in [1.54, 1.807) is 0 Å². The molecular formula is C17H26N4O2. The lowest BCUT2D eigenvalue weighted by Crippen LogP contribution is -2.55. The molecule has 2 N–H and O–H groups in total. The number of carbonyl (C=O) groups is 1. The van der Waals surface area contributed by atoms with E-state index in [1.165, 1.54) is 5.56 Å². The Morgan fingerprint density at radius 2 is 2.35 bits per heavy atom. The molecule has 1 aromatic rings. The van der Waals surface area contributed by atoms with Crippen LogP contribution < -0.4 is 15.5 Å². The fraction of sp³-hybridized carbons (Fsp3) is 0.647. The van der Waals surface area contributed by atoms with Gasteiger partial charge in [0.2, 0.25) is 0 Å². The Kier molecular flexibility index (Phi) is 4.71. The number of nitrogens with one attached hydrogen (secondary N) is 2. The third-order valence-corrected chi connectivity index (χ3v) is 4.59. The smallest absolute Gasteiger partial charge is 0.407 e. The van der Waals surface area contributed by atoms with Crippen LogP contribution in [0.25, 0.3) is 0 Å². The summed E-state index contributed by atoms with van der Waals surface area (Å²) in [5, 5.41) is 6.21. The number of hydrogen-bond acceptors (Lipinski definition) is 5. The van der Waals surface area contributed by atoms with Crippen molar-refractivity contribution in [3.05, 3.63) is 23.4 Å². The number of ether oxygens (including phenoxy) is 1. The molecule has 0 spiro atoms. The number of anilines is 1. The number of piperazine rings is 1. The maximum atomic E-state index is 11.7. The Morgan fingerprint density at radius 1 is 1.52 bits per heavy atom. The van der Waals surface area contributed by atoms with Gasteiger partial charge in [-0.15, -0.1) is 0 Å². The number of fused-ring (bicyclic) bond motifs is 3. The summed E-state index contributed by atoms with van der Waals surface area (Å²) in [6.07, 6.45) is 1.19. The van der Waals surface area contributed by atoms with Gasteiger partial charge in [-0.3, -0.25) is 0 Å². The largest absolute Gasteiger partial charge is 0.440 e. The standard InChI is InChI=1S/C17H26N4O2/c1-4-7-19-17(22)23-12(3)15-6-5-13-8-14-10-18-9-11(2)21(14)16(13)20-15/h5-6,11-12,14,18H,4,7-10H2,1-3H3,(H,19,22)/t11-,12+,14-/m1/s1. The zero-order chi connectivity index (χ0) is 16.4. The summed E-state index contributed by atoms with van der Waals surface area (Å²) in [5.74, 6) is 1.06. The van der Waals surface area contributed by atoms with Gasteiger partial charge in [0.1, 0.15) is 11.9 Å². The molecule has 23 heavy (non-hydrogen) atoms. The van der Waals surface area contributed by atoms with Crippen LogP contribution in [-0.4, -0.2) is 42.8 Å². The van der Waals surface area contributed by atoms with E-state index < -0.39 is 0 Å². The summed E-state index contributed by atoms with van der Waals surface area (Å²) in [6.45, 7) is 8.71. The van der Waals surface area contributed by atoms with E-state index in [9.17, 15) is 4.79 Å². The minimum Gasteiger partial charge on any atom is -0.440 e. The van der Waals surface area contributed by atoms with Crippen LogP contribution >= 0.6 is 0 Å². The van der Waals surface area contributed by atoms with Gasteiger partial charge in [0.15, 0.2) is 0 Å². The maximum Gasteiger partial charge on any atom is 0.407 e. The summed E-state index contributed by atoms with van der Waals surface area (Å²) >= 11 is 0. The molecule has 2 aliphatic heterocycles. The Labute approximate surface area is 137 Å². The maximum absolute atomic E-state index is 11.7. The van der Waals surface area contributed by atoms with E-state index in [1.807, 2.05) is 19.9 Å². The van der Waals surface area contributed by atoms with Gasteiger partial charge in [0, 0.05) is 31.7 Å². The molecule has 1 saturated heterocycles. The molecule has 0 radical (unpaired) electrons. The van der Waals surface area contributed by atoms with Gasteiger partial charge in [-0.2, -0.15) is 0 Å². The highest BCUT2D eigenvalue weighted by molar-refractivity contribution is 5.67. The van der Waals surface area contributed by atoms with Crippen molar-refractivity contribution in [2.75, 3.05) is 24.5 Å². The molecule has 1 fully saturated rings. The van der Waals surface area contributed by atoms with Crippen molar-refractivity contribution in [2.24, 2.45) is 0 Å². The van der Waals surface area contributed by atoms with Crippen LogP contribution in [0.2, 0.25) is 0 Å². The van der Waals surface area contributed by atoms with Gasteiger partial charge in [0.05, 0.1) is 5.69 Å². The van der Waals surface area contributed by atoms with Crippen molar-refractivity contribution in [2.45, 2.75) is 51.8 Å². The topological polar surface area (TPSA) is 66.5 Å². The predicted octanol–water partition coefficient (Wildman–Crippen LogP) is 2.00. The number of hydrogen-bond donors (Lipinski definition) is 2. The van der Waals surface area contributed by atoms with Crippen LogP contribution in [0.5, 0.6) is 0 Å². The first-order valence-electron chi connectivity index (χ1n) is 8.53. The molecule has 0 aromatic carbocycles. The summed E-state index contributed by atoms with van der Waals surface area (Å²) in [7, 11) is 0. The molecule has 3 rings (SSSR count). The van der Waals surface area contributed by atoms with Gasteiger partial charge in [-0.05, 0) is 38.3 Å². The number of rotatable bonds is 4. The monoisotopic (exact) mass is 318 g/mol. The number of nitrogens with zero attached hydrogens (tertiary/aromatic N) is 2. The fourth-order valence-corrected chi connectivity index (χ4v) is 3.41. The van der Waals surface area contributed by atoms with Crippen molar-refractivity contribution >= 4 is 11.9 Å². The molecule has 2 aliphatic rings. The highest BCUT2D eigenvalue weighted by atomic mass is 16.6. The van der Waals surface area contributed by atoms with Crippen molar-refractivity contribution in [3.8, 4) is 0 Å². The van der Waals surface area contributed by atoms with Crippen molar-refractivity contribution in [3.63, 3.8) is 0 Å². The first kappa shape index (κ1) is 16.1. The summed E-state index contributed by atoms with van der Waals surface area (Å²) in [6, 6.07) is 5.03. The molecule has 3 heterocycles. The van der Waals surface area contributed by atoms with Crippen LogP contribution in [0.1, 0.15) is 44.6 Å². The second kappa shape index (κ2) is 6.74. The van der Waals surface area contributed by atoms with E-state index in [0.717, 1.165) is 37.4 Å². The highest BCUT2D eigenvalue weighted by Gasteiger charge is 2.36. The molecule has 6 heteroatoms. The van der Waals surface area contributed by atoms with Crippen LogP contribution in [0, 0.1) is 0 Å². The molecule has 1 amide bonds. The molecule has 0 unspecified atom stereocenters. The Bertz CT molecular complexity index is 578. The molecule has 1 aromatic heterocycles. The minimum absolute atomic E-state index is 0.352. The number of aromatic nitrogens is 1. The summed E-state index contributed by atoms with van der Waals surface area (Å²) < 4.78 is 5.42. The average molecular weight is 318 g/mol. The van der Waals surface area contributed by atoms with Crippen LogP contribution in [-0.2, 0) is 11.2 Å². The minimum atomic E-state index is -0.380. The van der Waals surface area contributed by atoms with Gasteiger partial charge >= 0.3 is 6.09 Å². The van der Waals surface area contributed by atoms with E-state index >= 15 is 0 Å². The SMILES string of the molecule is CCCNC(=O)O[C@@H](C)c1ccc2c(n1)N1[C@@H](CNC[C@H]1C)C2. The predicted molar refractivity (Wildman–Crippen MR) is 89.7 cm³/mol. The number of alkyl carbamates (subject to hydrolysis) is 1. The lowest BCUT2D eigenvalue weighted by molar-refractivity contribution is 0.105. The Hall–Kier alpha value is -1.82. The van der Waals surface area contributed by atoms with Gasteiger partial charge < -0.3 is 20.3 Å². The summed E-state index contributed by atoms with van der Waals surface area (Å²) in [4.78, 5) is 19.0. The number of pyridine rings is 1. The van der Waals surface area contributed by atoms with Crippen LogP contribution in [0.3, 0.4) is 0 Å². The molecule has 0 saturated carbocycles. The lowest BCUT2D eigenvalue weighted by Gasteiger charge is -2.37. The second-order valence-corrected chi connectivity index (χ2v) is 6.47. The Morgan fingerprint density at radius 3 is 3.13 bits per heavy atom.